The highest BCUT2D eigenvalue weighted by Gasteiger charge is 2.41. The summed E-state index contributed by atoms with van der Waals surface area (Å²) in [5.74, 6) is 0.731. The van der Waals surface area contributed by atoms with Crippen molar-refractivity contribution in [2.75, 3.05) is 6.61 Å². The van der Waals surface area contributed by atoms with Gasteiger partial charge in [0.1, 0.15) is 6.61 Å². The number of hydrogen-bond donors (Lipinski definition) is 1. The number of carbonyl (C=O) groups is 3. The SMILES string of the molecule is C#CC1(COC(=O)c2ccc(C)cc2)CCC(OC(C)=O)O1.Cc1ccc(C(=O)O)cc1. The molecule has 3 rings (SSSR count). The van der Waals surface area contributed by atoms with Crippen molar-refractivity contribution in [3.05, 3.63) is 70.8 Å². The summed E-state index contributed by atoms with van der Waals surface area (Å²) >= 11 is 0. The number of hydrogen-bond acceptors (Lipinski definition) is 6. The quantitative estimate of drug-likeness (QED) is 0.558. The van der Waals surface area contributed by atoms with E-state index >= 15 is 0 Å². The zero-order chi connectivity index (χ0) is 23.7. The van der Waals surface area contributed by atoms with Crippen LogP contribution in [0.2, 0.25) is 0 Å². The van der Waals surface area contributed by atoms with Crippen molar-refractivity contribution in [1.82, 2.24) is 0 Å². The minimum absolute atomic E-state index is 0.0754. The molecule has 168 valence electrons. The summed E-state index contributed by atoms with van der Waals surface area (Å²) in [6.07, 6.45) is 5.75. The maximum Gasteiger partial charge on any atom is 0.338 e. The van der Waals surface area contributed by atoms with E-state index in [1.165, 1.54) is 6.92 Å². The van der Waals surface area contributed by atoms with Gasteiger partial charge in [-0.25, -0.2) is 9.59 Å². The number of carbonyl (C=O) groups excluding carboxylic acids is 2. The van der Waals surface area contributed by atoms with Crippen LogP contribution in [0.3, 0.4) is 0 Å². The Bertz CT molecular complexity index is 986. The second-order valence-corrected chi connectivity index (χ2v) is 7.45. The molecule has 1 aliphatic heterocycles. The van der Waals surface area contributed by atoms with E-state index in [2.05, 4.69) is 5.92 Å². The predicted molar refractivity (Wildman–Crippen MR) is 117 cm³/mol. The molecule has 2 aromatic rings. The van der Waals surface area contributed by atoms with Gasteiger partial charge in [-0.1, -0.05) is 41.3 Å². The number of carboxylic acids is 1. The first-order valence-corrected chi connectivity index (χ1v) is 10.0. The van der Waals surface area contributed by atoms with Crippen molar-refractivity contribution in [2.24, 2.45) is 0 Å². The fourth-order valence-corrected chi connectivity index (χ4v) is 2.89. The number of aryl methyl sites for hydroxylation is 2. The number of carboxylic acid groups (broad SMARTS) is 1. The second kappa shape index (κ2) is 11.1. The van der Waals surface area contributed by atoms with Crippen LogP contribution in [0.25, 0.3) is 0 Å². The molecular formula is C25H26O7. The van der Waals surface area contributed by atoms with Crippen molar-refractivity contribution >= 4 is 17.9 Å². The molecule has 1 fully saturated rings. The van der Waals surface area contributed by atoms with Crippen LogP contribution in [0.5, 0.6) is 0 Å². The highest BCUT2D eigenvalue weighted by atomic mass is 16.7. The molecule has 7 nitrogen and oxygen atoms in total. The maximum absolute atomic E-state index is 12.0. The van der Waals surface area contributed by atoms with Gasteiger partial charge in [0.2, 0.25) is 6.29 Å². The van der Waals surface area contributed by atoms with Crippen LogP contribution in [-0.4, -0.2) is 41.5 Å². The summed E-state index contributed by atoms with van der Waals surface area (Å²) in [6, 6.07) is 13.8. The van der Waals surface area contributed by atoms with Crippen LogP contribution >= 0.6 is 0 Å². The lowest BCUT2D eigenvalue weighted by Crippen LogP contribution is -2.35. The molecule has 32 heavy (non-hydrogen) atoms. The summed E-state index contributed by atoms with van der Waals surface area (Å²) in [5.41, 5.74) is 1.88. The largest absolute Gasteiger partial charge is 0.478 e. The molecule has 1 N–H and O–H groups in total. The first kappa shape index (κ1) is 24.6. The zero-order valence-corrected chi connectivity index (χ0v) is 18.3. The summed E-state index contributed by atoms with van der Waals surface area (Å²) in [5, 5.41) is 8.48. The predicted octanol–water partition coefficient (Wildman–Crippen LogP) is 3.92. The van der Waals surface area contributed by atoms with E-state index < -0.39 is 29.8 Å². The van der Waals surface area contributed by atoms with Gasteiger partial charge >= 0.3 is 17.9 Å². The van der Waals surface area contributed by atoms with Gasteiger partial charge in [-0.15, -0.1) is 6.42 Å². The highest BCUT2D eigenvalue weighted by Crippen LogP contribution is 2.31. The lowest BCUT2D eigenvalue weighted by Gasteiger charge is -2.22. The zero-order valence-electron chi connectivity index (χ0n) is 18.3. The normalized spacial score (nSPS) is 19.1. The van der Waals surface area contributed by atoms with Gasteiger partial charge in [-0.3, -0.25) is 4.79 Å². The van der Waals surface area contributed by atoms with Crippen LogP contribution < -0.4 is 0 Å². The molecule has 0 radical (unpaired) electrons. The lowest BCUT2D eigenvalue weighted by molar-refractivity contribution is -0.182. The molecule has 2 unspecified atom stereocenters. The lowest BCUT2D eigenvalue weighted by atomic mass is 10.0. The van der Waals surface area contributed by atoms with E-state index in [0.717, 1.165) is 11.1 Å². The molecule has 0 amide bonds. The molecule has 2 aromatic carbocycles. The molecule has 1 saturated heterocycles. The fourth-order valence-electron chi connectivity index (χ4n) is 2.89. The van der Waals surface area contributed by atoms with Gasteiger partial charge in [0.25, 0.3) is 0 Å². The summed E-state index contributed by atoms with van der Waals surface area (Å²) in [4.78, 5) is 33.2. The average Bonchev–Trinajstić information content (AvgIpc) is 3.16. The topological polar surface area (TPSA) is 99.1 Å². The van der Waals surface area contributed by atoms with Crippen LogP contribution in [0.15, 0.2) is 48.5 Å². The van der Waals surface area contributed by atoms with Gasteiger partial charge in [-0.05, 0) is 44.5 Å². The third kappa shape index (κ3) is 7.25. The second-order valence-electron chi connectivity index (χ2n) is 7.45. The Hall–Kier alpha value is -3.63. The highest BCUT2D eigenvalue weighted by molar-refractivity contribution is 5.89. The van der Waals surface area contributed by atoms with E-state index in [0.29, 0.717) is 24.0 Å². The van der Waals surface area contributed by atoms with Crippen molar-refractivity contribution in [2.45, 2.75) is 45.5 Å². The standard InChI is InChI=1S/C17H18O5.C8H8O2/c1-4-17(10-9-15(22-17)21-13(3)18)11-20-16(19)14-7-5-12(2)6-8-14;1-6-2-4-7(5-3-6)8(9)10/h1,5-8,15H,9-11H2,2-3H3;2-5H,1H3,(H,9,10). The first-order chi connectivity index (χ1) is 15.1. The van der Waals surface area contributed by atoms with Crippen molar-refractivity contribution in [3.63, 3.8) is 0 Å². The molecule has 7 heteroatoms. The van der Waals surface area contributed by atoms with Crippen LogP contribution in [0, 0.1) is 26.2 Å². The third-order valence-corrected chi connectivity index (χ3v) is 4.72. The smallest absolute Gasteiger partial charge is 0.338 e. The molecule has 0 bridgehead atoms. The number of aromatic carboxylic acids is 1. The average molecular weight is 438 g/mol. The molecule has 1 aliphatic rings. The number of rotatable bonds is 5. The molecule has 0 spiro atoms. The molecule has 0 aliphatic carbocycles. The minimum Gasteiger partial charge on any atom is -0.478 e. The van der Waals surface area contributed by atoms with Crippen LogP contribution in [-0.2, 0) is 19.0 Å². The number of terminal acetylenes is 1. The monoisotopic (exact) mass is 438 g/mol. The Labute approximate surface area is 187 Å². The Morgan fingerprint density at radius 2 is 1.59 bits per heavy atom. The van der Waals surface area contributed by atoms with E-state index in [1.54, 1.807) is 36.4 Å². The molecule has 0 saturated carbocycles. The summed E-state index contributed by atoms with van der Waals surface area (Å²) in [7, 11) is 0. The van der Waals surface area contributed by atoms with E-state index in [4.69, 9.17) is 25.7 Å². The van der Waals surface area contributed by atoms with Crippen molar-refractivity contribution < 1.29 is 33.7 Å². The van der Waals surface area contributed by atoms with E-state index in [9.17, 15) is 14.4 Å². The first-order valence-electron chi connectivity index (χ1n) is 10.0. The minimum atomic E-state index is -1.04. The van der Waals surface area contributed by atoms with E-state index in [1.807, 2.05) is 26.0 Å². The van der Waals surface area contributed by atoms with Gasteiger partial charge in [0, 0.05) is 13.3 Å². The van der Waals surface area contributed by atoms with Gasteiger partial charge in [0.05, 0.1) is 11.1 Å². The fraction of sp³-hybridized carbons (Fsp3) is 0.320. The van der Waals surface area contributed by atoms with Crippen LogP contribution in [0.1, 0.15) is 51.6 Å². The molecule has 2 atom stereocenters. The van der Waals surface area contributed by atoms with Crippen molar-refractivity contribution in [1.29, 1.82) is 0 Å². The Kier molecular flexibility index (Phi) is 8.56. The Morgan fingerprint density at radius 3 is 2.06 bits per heavy atom. The summed E-state index contributed by atoms with van der Waals surface area (Å²) in [6.45, 7) is 5.08. The van der Waals surface area contributed by atoms with Gasteiger partial charge in [0.15, 0.2) is 5.60 Å². The molecule has 1 heterocycles. The maximum atomic E-state index is 12.0. The third-order valence-electron chi connectivity index (χ3n) is 4.72. The van der Waals surface area contributed by atoms with Crippen molar-refractivity contribution in [3.8, 4) is 12.3 Å². The molecule has 0 aromatic heterocycles. The number of ether oxygens (including phenoxy) is 3. The molecular weight excluding hydrogens is 412 g/mol. The van der Waals surface area contributed by atoms with Crippen LogP contribution in [0.4, 0.5) is 0 Å². The number of esters is 2. The Morgan fingerprint density at radius 1 is 1.06 bits per heavy atom. The number of benzene rings is 2. The summed E-state index contributed by atoms with van der Waals surface area (Å²) < 4.78 is 15.8. The van der Waals surface area contributed by atoms with E-state index in [-0.39, 0.29) is 6.61 Å². The van der Waals surface area contributed by atoms with Gasteiger partial charge < -0.3 is 19.3 Å². The Balaban J connectivity index is 0.000000303. The van der Waals surface area contributed by atoms with Gasteiger partial charge in [-0.2, -0.15) is 0 Å².